The molecule has 0 aliphatic heterocycles. The van der Waals surface area contributed by atoms with Crippen molar-refractivity contribution < 1.29 is 23.1 Å². The molecule has 18 aromatic heterocycles. The summed E-state index contributed by atoms with van der Waals surface area (Å²) < 4.78 is 41.5. The molecule has 2 atom stereocenters. The molecule has 22 rings (SSSR count). The molecule has 0 spiro atoms. The van der Waals surface area contributed by atoms with Gasteiger partial charge in [-0.15, -0.1) is 0 Å². The van der Waals surface area contributed by atoms with Gasteiger partial charge in [0.25, 0.3) is 0 Å². The number of anilines is 7. The minimum atomic E-state index is -0.600. The second kappa shape index (κ2) is 44.7. The van der Waals surface area contributed by atoms with E-state index in [1.54, 1.807) is 43.0 Å². The minimum Gasteiger partial charge on any atom is -0.395 e. The Labute approximate surface area is 828 Å². The number of hydrogen-bond acceptors (Lipinski definition) is 27. The standard InChI is InChI=1S/C18H13ClF2N6.C18H14ClFN6.C18H18ClN5O.C17H11Cl2N5.C13H12ClN5O.C12H10ClN5/c1-9(10-2-4-11(20)5-3-10)25-17-13(21)7-23-16(27-17)12-6-22-18-15(12)26-14(19)8-24-18;1-10(11-5-3-2-4-6-11)24-17-13(20)8-22-16(26-17)12-7-21-18-15(12)25-14(19)9-23-18;19-14-10-21-17-16(23-14)12(9-20-17)13-7-4-8-15(22-13)24-18(25)11-5-2-1-3-6-11;18-10-3-1-4-11(7-10)22-15-6-2-5-13(23-15)12-8-20-17-16(12)24-14(19)9-21-17;14-10-7-17-13-12(19-10)8(6-16-13)9-2-1-3-11(18-9)15-4-5-20;1-14-10-4-2-3-8(17-10)7-5-15-12-11(7)18-9(13)6-16-12/h2-9H,1H3,(H,22,24)(H,23,25,27);2-10H,1H3,(H,21,23)(H,22,24,26);4,7-11H,1-3,5-6H2,(H,20,21)(H,22,24,25);1-9H,(H,20,21)(H,22,23);1-3,6-7,20H,4-5H2,(H,15,18)(H,16,17);2-6H,1H3,(H,14,17)(H,15,16)/t9-;10-;;;;/m00..../s1. The molecule has 140 heavy (non-hydrogen) atoms. The lowest BCUT2D eigenvalue weighted by Gasteiger charge is -2.20. The number of aliphatic hydroxyl groups is 1. The fraction of sp³-hybridized carbons (Fsp3) is 0.135. The average molecular weight is 2020 g/mol. The summed E-state index contributed by atoms with van der Waals surface area (Å²) in [4.78, 5) is 116. The predicted molar refractivity (Wildman–Crippen MR) is 540 cm³/mol. The molecule has 1 fully saturated rings. The predicted octanol–water partition coefficient (Wildman–Crippen LogP) is 23.0. The molecule has 0 radical (unpaired) electrons. The lowest BCUT2D eigenvalue weighted by molar-refractivity contribution is -0.120. The Balaban J connectivity index is 0.000000116. The van der Waals surface area contributed by atoms with Crippen molar-refractivity contribution in [3.63, 3.8) is 0 Å². The Morgan fingerprint density at radius 3 is 1.15 bits per heavy atom. The number of aromatic amines is 6. The Bertz CT molecular complexity index is 7950. The number of aromatic nitrogens is 26. The highest BCUT2D eigenvalue weighted by Gasteiger charge is 2.25. The quantitative estimate of drug-likeness (QED) is 0.0337. The normalized spacial score (nSPS) is 12.2. The third-order valence-electron chi connectivity index (χ3n) is 21.6. The maximum atomic E-state index is 14.2. The maximum absolute atomic E-state index is 14.2. The van der Waals surface area contributed by atoms with Crippen LogP contribution >= 0.6 is 81.2 Å². The largest absolute Gasteiger partial charge is 0.395 e. The first-order valence-corrected chi connectivity index (χ1v) is 45.8. The van der Waals surface area contributed by atoms with Gasteiger partial charge in [0.05, 0.1) is 102 Å². The van der Waals surface area contributed by atoms with E-state index in [4.69, 9.17) is 86.3 Å². The fourth-order valence-corrected chi connectivity index (χ4v) is 15.8. The second-order valence-electron chi connectivity index (χ2n) is 31.0. The molecule has 0 saturated heterocycles. The number of fused-ring (bicyclic) bond motifs is 6. The van der Waals surface area contributed by atoms with Gasteiger partial charge < -0.3 is 66.9 Å². The Morgan fingerprint density at radius 2 is 0.743 bits per heavy atom. The van der Waals surface area contributed by atoms with Gasteiger partial charge in [0.2, 0.25) is 5.91 Å². The first-order chi connectivity index (χ1) is 68.1. The molecular formula is C96H78Cl7F3N32O2. The molecule has 1 aliphatic rings. The van der Waals surface area contributed by atoms with Crippen LogP contribution in [0.25, 0.3) is 135 Å². The molecule has 1 amide bonds. The van der Waals surface area contributed by atoms with E-state index in [9.17, 15) is 18.0 Å². The van der Waals surface area contributed by atoms with E-state index >= 15 is 0 Å². The van der Waals surface area contributed by atoms with E-state index in [1.165, 1.54) is 55.7 Å². The van der Waals surface area contributed by atoms with Crippen LogP contribution in [0.15, 0.2) is 238 Å². The summed E-state index contributed by atoms with van der Waals surface area (Å²) >= 11 is 41.5. The van der Waals surface area contributed by atoms with Gasteiger partial charge in [-0.25, -0.2) is 113 Å². The zero-order valence-corrected chi connectivity index (χ0v) is 79.1. The van der Waals surface area contributed by atoms with E-state index in [1.807, 2.05) is 155 Å². The number of nitrogens with one attached hydrogen (secondary N) is 12. The molecule has 1 saturated carbocycles. The zero-order chi connectivity index (χ0) is 97.3. The number of amides is 1. The van der Waals surface area contributed by atoms with E-state index in [2.05, 4.69) is 161 Å². The van der Waals surface area contributed by atoms with Gasteiger partial charge in [-0.2, -0.15) is 0 Å². The van der Waals surface area contributed by atoms with Crippen molar-refractivity contribution >= 4 is 195 Å². The number of nitrogens with zero attached hydrogens (tertiary/aromatic N) is 20. The van der Waals surface area contributed by atoms with Crippen LogP contribution in [0.1, 0.15) is 69.2 Å². The summed E-state index contributed by atoms with van der Waals surface area (Å²) in [7, 11) is 1.83. The van der Waals surface area contributed by atoms with Gasteiger partial charge in [-0.1, -0.05) is 173 Å². The third kappa shape index (κ3) is 23.6. The van der Waals surface area contributed by atoms with Crippen molar-refractivity contribution in [3.05, 3.63) is 303 Å². The molecule has 3 aromatic carbocycles. The summed E-state index contributed by atoms with van der Waals surface area (Å²) in [5.74, 6) is 2.21. The molecule has 44 heteroatoms. The van der Waals surface area contributed by atoms with Crippen LogP contribution in [-0.4, -0.2) is 161 Å². The van der Waals surface area contributed by atoms with Crippen LogP contribution in [0.2, 0.25) is 35.9 Å². The third-order valence-corrected chi connectivity index (χ3v) is 22.9. The molecule has 21 aromatic rings. The van der Waals surface area contributed by atoms with Gasteiger partial charge in [0.15, 0.2) is 68.8 Å². The van der Waals surface area contributed by atoms with Gasteiger partial charge in [0.1, 0.15) is 93.1 Å². The summed E-state index contributed by atoms with van der Waals surface area (Å²) in [6.45, 7) is 4.27. The van der Waals surface area contributed by atoms with E-state index < -0.39 is 11.6 Å². The molecule has 704 valence electrons. The lowest BCUT2D eigenvalue weighted by Crippen LogP contribution is -2.25. The van der Waals surface area contributed by atoms with Crippen LogP contribution in [0.3, 0.4) is 0 Å². The van der Waals surface area contributed by atoms with Crippen molar-refractivity contribution in [2.45, 2.75) is 58.0 Å². The monoisotopic (exact) mass is 2010 g/mol. The van der Waals surface area contributed by atoms with Crippen LogP contribution in [-0.2, 0) is 4.79 Å². The fourth-order valence-electron chi connectivity index (χ4n) is 14.8. The second-order valence-corrected chi connectivity index (χ2v) is 33.8. The molecule has 13 N–H and O–H groups in total. The van der Waals surface area contributed by atoms with Gasteiger partial charge in [-0.05, 0) is 117 Å². The van der Waals surface area contributed by atoms with Gasteiger partial charge >= 0.3 is 0 Å². The van der Waals surface area contributed by atoms with E-state index in [0.717, 1.165) is 106 Å². The van der Waals surface area contributed by atoms with Crippen molar-refractivity contribution in [1.29, 1.82) is 0 Å². The van der Waals surface area contributed by atoms with E-state index in [0.29, 0.717) is 134 Å². The molecule has 0 bridgehead atoms. The minimum absolute atomic E-state index is 0.0289. The number of benzene rings is 3. The van der Waals surface area contributed by atoms with Gasteiger partial charge in [-0.3, -0.25) is 4.79 Å². The average Bonchev–Trinajstić information content (AvgIpc) is 1.63. The van der Waals surface area contributed by atoms with Gasteiger partial charge in [0, 0.05) is 89.7 Å². The van der Waals surface area contributed by atoms with Crippen molar-refractivity contribution in [2.75, 3.05) is 52.1 Å². The highest BCUT2D eigenvalue weighted by Crippen LogP contribution is 2.36. The smallest absolute Gasteiger partial charge is 0.228 e. The molecule has 0 unspecified atom stereocenters. The number of pyridine rings is 4. The van der Waals surface area contributed by atoms with Crippen LogP contribution in [0.5, 0.6) is 0 Å². The Morgan fingerprint density at radius 1 is 0.386 bits per heavy atom. The topological polar surface area (TPSA) is 462 Å². The Kier molecular flexibility index (Phi) is 30.7. The van der Waals surface area contributed by atoms with Crippen molar-refractivity contribution in [2.24, 2.45) is 5.92 Å². The Hall–Kier alpha value is -15.6. The number of halogens is 10. The van der Waals surface area contributed by atoms with Crippen LogP contribution in [0.4, 0.5) is 53.8 Å². The number of hydrogen-bond donors (Lipinski definition) is 13. The number of carbonyl (C=O) groups is 1. The molecule has 1 aliphatic carbocycles. The van der Waals surface area contributed by atoms with Crippen molar-refractivity contribution in [3.8, 4) is 67.8 Å². The van der Waals surface area contributed by atoms with Crippen LogP contribution in [0, 0.1) is 23.4 Å². The molecule has 34 nitrogen and oxygen atoms in total. The highest BCUT2D eigenvalue weighted by atomic mass is 35.5. The maximum Gasteiger partial charge on any atom is 0.228 e. The summed E-state index contributed by atoms with van der Waals surface area (Å²) in [5, 5.41) is 29.7. The molecule has 18 heterocycles. The van der Waals surface area contributed by atoms with Crippen LogP contribution < -0.4 is 31.9 Å². The number of carbonyl (C=O) groups excluding carboxylic acids is 1. The summed E-state index contributed by atoms with van der Waals surface area (Å²) in [6, 6.07) is 45.4. The zero-order valence-electron chi connectivity index (χ0n) is 73.8. The number of aliphatic hydroxyl groups excluding tert-OH is 1. The SMILES string of the molecule is CNc1cccc(-c2c[nH]c3ncc(Cl)nc23)n1.C[C@H](Nc1nc(-c2c[nH]c3ncc(Cl)nc23)ncc1F)c1ccc(F)cc1.C[C@H](Nc1nc(-c2c[nH]c3ncc(Cl)nc23)ncc1F)c1ccccc1.Clc1cccc(Nc2cccc(-c3c[nH]c4ncc(Cl)nc34)n2)c1.O=C(Nc1cccc(-c2c[nH]c3ncc(Cl)nc23)n1)C1CCCCC1.OCCNc1cccc(-c2c[nH]c3ncc(Cl)nc23)n1. The first-order valence-electron chi connectivity index (χ1n) is 43.2. The number of rotatable bonds is 20. The number of H-pyrrole nitrogens is 6. The molecular weight excluding hydrogens is 1940 g/mol. The lowest BCUT2D eigenvalue weighted by atomic mass is 9.89. The van der Waals surface area contributed by atoms with E-state index in [-0.39, 0.29) is 64.1 Å². The first kappa shape index (κ1) is 96.1. The van der Waals surface area contributed by atoms with Crippen molar-refractivity contribution in [1.82, 2.24) is 130 Å². The highest BCUT2D eigenvalue weighted by molar-refractivity contribution is 6.32. The summed E-state index contributed by atoms with van der Waals surface area (Å²) in [5.41, 5.74) is 17.8. The summed E-state index contributed by atoms with van der Waals surface area (Å²) in [6.07, 6.45) is 27.1.